The number of aryl methyl sites for hydroxylation is 1. The van der Waals surface area contributed by atoms with Crippen molar-refractivity contribution < 1.29 is 21.6 Å². The molecule has 0 aliphatic rings. The highest BCUT2D eigenvalue weighted by atomic mass is 32.2. The number of rotatable bonds is 5. The van der Waals surface area contributed by atoms with Crippen molar-refractivity contribution in [1.29, 1.82) is 0 Å². The van der Waals surface area contributed by atoms with Gasteiger partial charge in [-0.2, -0.15) is 13.2 Å². The molecule has 0 fully saturated rings. The minimum Gasteiger partial charge on any atom is -0.324 e. The molecular formula is C20H18F3N3O2S. The quantitative estimate of drug-likeness (QED) is 0.643. The molecule has 0 unspecified atom stereocenters. The van der Waals surface area contributed by atoms with E-state index in [9.17, 15) is 21.6 Å². The molecule has 3 rings (SSSR count). The largest absolute Gasteiger partial charge is 0.433 e. The molecule has 1 heterocycles. The molecule has 0 aliphatic carbocycles. The summed E-state index contributed by atoms with van der Waals surface area (Å²) in [5.74, 6) is -0.238. The second-order valence-corrected chi connectivity index (χ2v) is 8.89. The van der Waals surface area contributed by atoms with E-state index in [-0.39, 0.29) is 11.7 Å². The maximum Gasteiger partial charge on any atom is 0.433 e. The predicted octanol–water partition coefficient (Wildman–Crippen LogP) is 4.76. The zero-order valence-corrected chi connectivity index (χ0v) is 16.5. The van der Waals surface area contributed by atoms with Crippen LogP contribution in [0.25, 0.3) is 11.1 Å². The summed E-state index contributed by atoms with van der Waals surface area (Å²) in [6.07, 6.45) is -2.34. The number of benzene rings is 2. The molecule has 2 aromatic carbocycles. The molecule has 29 heavy (non-hydrogen) atoms. The van der Waals surface area contributed by atoms with E-state index in [4.69, 9.17) is 0 Å². The van der Waals surface area contributed by atoms with E-state index in [0.717, 1.165) is 29.0 Å². The Bertz CT molecular complexity index is 1150. The highest BCUT2D eigenvalue weighted by Crippen LogP contribution is 2.29. The van der Waals surface area contributed by atoms with Crippen molar-refractivity contribution in [2.75, 3.05) is 11.6 Å². The average Bonchev–Trinajstić information content (AvgIpc) is 2.59. The van der Waals surface area contributed by atoms with Crippen molar-refractivity contribution in [3.05, 3.63) is 71.5 Å². The second-order valence-electron chi connectivity index (χ2n) is 6.75. The summed E-state index contributed by atoms with van der Waals surface area (Å²) in [4.78, 5) is 7.36. The lowest BCUT2D eigenvalue weighted by Crippen LogP contribution is -2.10. The van der Waals surface area contributed by atoms with Gasteiger partial charge in [0.2, 0.25) is 5.95 Å². The number of hydrogen-bond acceptors (Lipinski definition) is 5. The van der Waals surface area contributed by atoms with E-state index in [0.29, 0.717) is 11.3 Å². The van der Waals surface area contributed by atoms with Crippen LogP contribution < -0.4 is 5.32 Å². The third-order valence-electron chi connectivity index (χ3n) is 3.97. The van der Waals surface area contributed by atoms with Crippen molar-refractivity contribution in [2.45, 2.75) is 18.9 Å². The van der Waals surface area contributed by atoms with Crippen LogP contribution >= 0.6 is 0 Å². The molecule has 0 saturated heterocycles. The molecule has 0 spiro atoms. The average molecular weight is 421 g/mol. The number of nitrogens with zero attached hydrogens (tertiary/aromatic N) is 2. The van der Waals surface area contributed by atoms with Crippen LogP contribution in [0.15, 0.2) is 54.7 Å². The number of sulfone groups is 1. The molecular weight excluding hydrogens is 403 g/mol. The van der Waals surface area contributed by atoms with Crippen molar-refractivity contribution >= 4 is 21.5 Å². The molecule has 152 valence electrons. The molecule has 9 heteroatoms. The maximum atomic E-state index is 12.9. The Labute approximate surface area is 166 Å². The Hall–Kier alpha value is -2.94. The molecule has 1 aromatic heterocycles. The van der Waals surface area contributed by atoms with Gasteiger partial charge in [-0.3, -0.25) is 0 Å². The zero-order chi connectivity index (χ0) is 21.2. The number of halogens is 3. The highest BCUT2D eigenvalue weighted by Gasteiger charge is 2.32. The molecule has 0 atom stereocenters. The first-order valence-corrected chi connectivity index (χ1v) is 10.6. The van der Waals surface area contributed by atoms with Crippen LogP contribution in [0.1, 0.15) is 16.8 Å². The number of alkyl halides is 3. The smallest absolute Gasteiger partial charge is 0.324 e. The summed E-state index contributed by atoms with van der Waals surface area (Å²) >= 11 is 0. The van der Waals surface area contributed by atoms with E-state index in [1.165, 1.54) is 6.26 Å². The normalized spacial score (nSPS) is 12.0. The fraction of sp³-hybridized carbons (Fsp3) is 0.200. The third-order valence-corrected chi connectivity index (χ3v) is 4.83. The van der Waals surface area contributed by atoms with Gasteiger partial charge in [0.15, 0.2) is 9.84 Å². The Morgan fingerprint density at radius 1 is 1.03 bits per heavy atom. The number of anilines is 2. The van der Waals surface area contributed by atoms with Gasteiger partial charge in [0, 0.05) is 18.1 Å². The summed E-state index contributed by atoms with van der Waals surface area (Å²) in [6, 6.07) is 13.3. The van der Waals surface area contributed by atoms with Crippen LogP contribution in [0, 0.1) is 6.92 Å². The van der Waals surface area contributed by atoms with Gasteiger partial charge >= 0.3 is 6.18 Å². The van der Waals surface area contributed by atoms with Crippen molar-refractivity contribution in [3.8, 4) is 11.1 Å². The van der Waals surface area contributed by atoms with Gasteiger partial charge < -0.3 is 5.32 Å². The van der Waals surface area contributed by atoms with E-state index in [2.05, 4.69) is 15.3 Å². The Balaban J connectivity index is 1.93. The summed E-state index contributed by atoms with van der Waals surface area (Å²) in [5.41, 5.74) is 2.59. The summed E-state index contributed by atoms with van der Waals surface area (Å²) in [7, 11) is -3.17. The molecule has 0 saturated carbocycles. The monoisotopic (exact) mass is 421 g/mol. The first kappa shape index (κ1) is 20.8. The lowest BCUT2D eigenvalue weighted by molar-refractivity contribution is -0.141. The molecule has 0 aliphatic heterocycles. The fourth-order valence-corrected chi connectivity index (χ4v) is 3.66. The van der Waals surface area contributed by atoms with Gasteiger partial charge in [0.25, 0.3) is 0 Å². The third kappa shape index (κ3) is 5.77. The topological polar surface area (TPSA) is 72.0 Å². The first-order chi connectivity index (χ1) is 13.5. The minimum absolute atomic E-state index is 0.0736. The molecule has 1 N–H and O–H groups in total. The van der Waals surface area contributed by atoms with E-state index < -0.39 is 21.7 Å². The summed E-state index contributed by atoms with van der Waals surface area (Å²) < 4.78 is 61.7. The van der Waals surface area contributed by atoms with Gasteiger partial charge in [0.1, 0.15) is 5.69 Å². The Kier molecular flexibility index (Phi) is 5.61. The Morgan fingerprint density at radius 3 is 2.48 bits per heavy atom. The van der Waals surface area contributed by atoms with E-state index in [1.807, 2.05) is 19.1 Å². The zero-order valence-electron chi connectivity index (χ0n) is 15.7. The molecule has 0 bridgehead atoms. The standard InChI is InChI=1S/C20H18F3N3O2S/c1-13-8-16(15-5-3-4-14(10-15)12-29(2,27)28)11-17(9-13)25-19-24-7-6-18(26-19)20(21,22)23/h3-11H,12H2,1-2H3,(H,24,25,26). The summed E-state index contributed by atoms with van der Waals surface area (Å²) in [6.45, 7) is 1.85. The lowest BCUT2D eigenvalue weighted by Gasteiger charge is -2.12. The van der Waals surface area contributed by atoms with Gasteiger partial charge in [-0.1, -0.05) is 30.3 Å². The minimum atomic E-state index is -4.56. The lowest BCUT2D eigenvalue weighted by atomic mass is 10.0. The number of nitrogens with one attached hydrogen (secondary N) is 1. The summed E-state index contributed by atoms with van der Waals surface area (Å²) in [5, 5.41) is 2.80. The predicted molar refractivity (Wildman–Crippen MR) is 105 cm³/mol. The fourth-order valence-electron chi connectivity index (χ4n) is 2.87. The van der Waals surface area contributed by atoms with Crippen LogP contribution in [0.4, 0.5) is 24.8 Å². The van der Waals surface area contributed by atoms with Gasteiger partial charge in [-0.15, -0.1) is 0 Å². The molecule has 0 amide bonds. The second kappa shape index (κ2) is 7.82. The van der Waals surface area contributed by atoms with Crippen molar-refractivity contribution in [1.82, 2.24) is 9.97 Å². The Morgan fingerprint density at radius 2 is 1.79 bits per heavy atom. The van der Waals surface area contributed by atoms with Gasteiger partial charge in [-0.05, 0) is 47.4 Å². The molecule has 3 aromatic rings. The van der Waals surface area contributed by atoms with Crippen LogP contribution in [-0.2, 0) is 21.8 Å². The van der Waals surface area contributed by atoms with Crippen molar-refractivity contribution in [2.24, 2.45) is 0 Å². The maximum absolute atomic E-state index is 12.9. The first-order valence-electron chi connectivity index (χ1n) is 8.56. The van der Waals surface area contributed by atoms with Crippen LogP contribution in [-0.4, -0.2) is 24.6 Å². The van der Waals surface area contributed by atoms with E-state index >= 15 is 0 Å². The van der Waals surface area contributed by atoms with Crippen LogP contribution in [0.2, 0.25) is 0 Å². The molecule has 5 nitrogen and oxygen atoms in total. The van der Waals surface area contributed by atoms with Gasteiger partial charge in [0.05, 0.1) is 5.75 Å². The van der Waals surface area contributed by atoms with E-state index in [1.54, 1.807) is 30.3 Å². The number of hydrogen-bond donors (Lipinski definition) is 1. The SMILES string of the molecule is Cc1cc(Nc2nccc(C(F)(F)F)n2)cc(-c2cccc(CS(C)(=O)=O)c2)c1. The van der Waals surface area contributed by atoms with Crippen molar-refractivity contribution in [3.63, 3.8) is 0 Å². The molecule has 0 radical (unpaired) electrons. The highest BCUT2D eigenvalue weighted by molar-refractivity contribution is 7.89. The van der Waals surface area contributed by atoms with Gasteiger partial charge in [-0.25, -0.2) is 18.4 Å². The van der Waals surface area contributed by atoms with Crippen LogP contribution in [0.5, 0.6) is 0 Å². The number of aromatic nitrogens is 2. The van der Waals surface area contributed by atoms with Crippen LogP contribution in [0.3, 0.4) is 0 Å².